The Bertz CT molecular complexity index is 1030. The van der Waals surface area contributed by atoms with Crippen molar-refractivity contribution in [3.8, 4) is 0 Å². The lowest BCUT2D eigenvalue weighted by Crippen LogP contribution is -1.95. The van der Waals surface area contributed by atoms with E-state index in [0.29, 0.717) is 11.8 Å². The molecule has 114 valence electrons. The molecular formula is C16H13ClN6. The summed E-state index contributed by atoms with van der Waals surface area (Å²) in [6.07, 6.45) is 4.57. The van der Waals surface area contributed by atoms with Gasteiger partial charge in [-0.3, -0.25) is 4.68 Å². The molecule has 0 spiro atoms. The van der Waals surface area contributed by atoms with Gasteiger partial charge in [-0.1, -0.05) is 23.7 Å². The van der Waals surface area contributed by atoms with Crippen LogP contribution < -0.4 is 0 Å². The third-order valence-electron chi connectivity index (χ3n) is 4.51. The van der Waals surface area contributed by atoms with Crippen molar-refractivity contribution in [1.29, 1.82) is 0 Å². The van der Waals surface area contributed by atoms with Crippen molar-refractivity contribution >= 4 is 28.3 Å². The monoisotopic (exact) mass is 324 g/mol. The van der Waals surface area contributed by atoms with Crippen LogP contribution in [0.15, 0.2) is 36.8 Å². The largest absolute Gasteiger partial charge is 0.250 e. The van der Waals surface area contributed by atoms with Crippen molar-refractivity contribution in [3.05, 3.63) is 53.2 Å². The van der Waals surface area contributed by atoms with E-state index in [1.165, 1.54) is 5.56 Å². The molecule has 1 aromatic carbocycles. The number of fused-ring (bicyclic) bond motifs is 3. The standard InChI is InChI=1S/C16H13ClN6/c1-22-15-13(7-19-22)16-20-14(21-23(16)8-18-15)12-6-11(12)9-2-4-10(17)5-3-9/h2-5,7-8,11-12H,6H2,1H3/t11-,12+/m1/s1. The van der Waals surface area contributed by atoms with Gasteiger partial charge in [0, 0.05) is 18.0 Å². The molecule has 0 radical (unpaired) electrons. The highest BCUT2D eigenvalue weighted by Crippen LogP contribution is 2.53. The highest BCUT2D eigenvalue weighted by atomic mass is 35.5. The number of aromatic nitrogens is 6. The van der Waals surface area contributed by atoms with Gasteiger partial charge in [0.15, 0.2) is 17.1 Å². The molecule has 0 amide bonds. The average Bonchev–Trinajstić information content (AvgIpc) is 3.08. The first-order valence-electron chi connectivity index (χ1n) is 7.49. The van der Waals surface area contributed by atoms with Crippen molar-refractivity contribution in [3.63, 3.8) is 0 Å². The Kier molecular flexibility index (Phi) is 2.56. The van der Waals surface area contributed by atoms with Crippen LogP contribution in [0, 0.1) is 0 Å². The van der Waals surface area contributed by atoms with Crippen LogP contribution in [-0.4, -0.2) is 29.4 Å². The fourth-order valence-electron chi connectivity index (χ4n) is 3.17. The van der Waals surface area contributed by atoms with Crippen molar-refractivity contribution in [2.24, 2.45) is 7.05 Å². The van der Waals surface area contributed by atoms with Gasteiger partial charge in [0.1, 0.15) is 6.33 Å². The van der Waals surface area contributed by atoms with Crippen LogP contribution in [0.5, 0.6) is 0 Å². The number of hydrogen-bond donors (Lipinski definition) is 0. The van der Waals surface area contributed by atoms with Gasteiger partial charge >= 0.3 is 0 Å². The molecule has 0 N–H and O–H groups in total. The number of rotatable bonds is 2. The van der Waals surface area contributed by atoms with E-state index in [9.17, 15) is 0 Å². The molecule has 6 nitrogen and oxygen atoms in total. The molecule has 0 unspecified atom stereocenters. The van der Waals surface area contributed by atoms with Crippen LogP contribution in [0.25, 0.3) is 16.7 Å². The summed E-state index contributed by atoms with van der Waals surface area (Å²) >= 11 is 5.96. The van der Waals surface area contributed by atoms with E-state index < -0.39 is 0 Å². The minimum Gasteiger partial charge on any atom is -0.250 e. The van der Waals surface area contributed by atoms with Crippen LogP contribution in [0.2, 0.25) is 5.02 Å². The predicted molar refractivity (Wildman–Crippen MR) is 86.6 cm³/mol. The minimum absolute atomic E-state index is 0.364. The zero-order valence-corrected chi connectivity index (χ0v) is 13.1. The number of hydrogen-bond acceptors (Lipinski definition) is 4. The van der Waals surface area contributed by atoms with Gasteiger partial charge in [-0.25, -0.2) is 14.5 Å². The molecule has 0 bridgehead atoms. The summed E-state index contributed by atoms with van der Waals surface area (Å²) in [5, 5.41) is 10.5. The summed E-state index contributed by atoms with van der Waals surface area (Å²) in [5.74, 6) is 1.72. The second kappa shape index (κ2) is 4.52. The molecule has 4 aromatic rings. The molecule has 1 aliphatic rings. The quantitative estimate of drug-likeness (QED) is 0.569. The predicted octanol–water partition coefficient (Wildman–Crippen LogP) is 2.94. The SMILES string of the molecule is Cn1ncc2c1ncn1nc([C@H]3C[C@@H]3c3ccc(Cl)cc3)nc21. The van der Waals surface area contributed by atoms with Crippen LogP contribution >= 0.6 is 11.6 Å². The van der Waals surface area contributed by atoms with Crippen molar-refractivity contribution in [1.82, 2.24) is 29.4 Å². The Morgan fingerprint density at radius 2 is 1.96 bits per heavy atom. The summed E-state index contributed by atoms with van der Waals surface area (Å²) in [6, 6.07) is 8.05. The Morgan fingerprint density at radius 1 is 1.13 bits per heavy atom. The lowest BCUT2D eigenvalue weighted by atomic mass is 10.1. The molecule has 5 rings (SSSR count). The first-order chi connectivity index (χ1) is 11.2. The van der Waals surface area contributed by atoms with Crippen molar-refractivity contribution in [2.75, 3.05) is 0 Å². The first kappa shape index (κ1) is 13.0. The average molecular weight is 325 g/mol. The Labute approximate surface area is 136 Å². The van der Waals surface area contributed by atoms with Crippen molar-refractivity contribution in [2.45, 2.75) is 18.3 Å². The number of benzene rings is 1. The molecule has 3 heterocycles. The van der Waals surface area contributed by atoms with Crippen LogP contribution in [-0.2, 0) is 7.05 Å². The van der Waals surface area contributed by atoms with E-state index in [2.05, 4.69) is 27.3 Å². The van der Waals surface area contributed by atoms with Crippen LogP contribution in [0.3, 0.4) is 0 Å². The minimum atomic E-state index is 0.364. The van der Waals surface area contributed by atoms with E-state index in [-0.39, 0.29) is 0 Å². The van der Waals surface area contributed by atoms with Crippen LogP contribution in [0.4, 0.5) is 0 Å². The summed E-state index contributed by atoms with van der Waals surface area (Å²) < 4.78 is 3.49. The fourth-order valence-corrected chi connectivity index (χ4v) is 3.30. The van der Waals surface area contributed by atoms with Crippen LogP contribution in [0.1, 0.15) is 29.6 Å². The number of nitrogens with zero attached hydrogens (tertiary/aromatic N) is 6. The third-order valence-corrected chi connectivity index (χ3v) is 4.76. The molecule has 23 heavy (non-hydrogen) atoms. The lowest BCUT2D eigenvalue weighted by Gasteiger charge is -1.98. The maximum atomic E-state index is 5.96. The van der Waals surface area contributed by atoms with Gasteiger partial charge in [0.05, 0.1) is 11.6 Å². The smallest absolute Gasteiger partial charge is 0.170 e. The second-order valence-electron chi connectivity index (χ2n) is 5.99. The molecule has 3 aromatic heterocycles. The molecular weight excluding hydrogens is 312 g/mol. The van der Waals surface area contributed by atoms with E-state index in [1.54, 1.807) is 21.7 Å². The van der Waals surface area contributed by atoms with E-state index in [4.69, 9.17) is 16.6 Å². The van der Waals surface area contributed by atoms with Gasteiger partial charge in [-0.2, -0.15) is 5.10 Å². The van der Waals surface area contributed by atoms with Gasteiger partial charge < -0.3 is 0 Å². The Balaban J connectivity index is 1.54. The molecule has 7 heteroatoms. The van der Waals surface area contributed by atoms with E-state index in [0.717, 1.165) is 33.9 Å². The molecule has 1 saturated carbocycles. The maximum Gasteiger partial charge on any atom is 0.170 e. The topological polar surface area (TPSA) is 60.9 Å². The maximum absolute atomic E-state index is 5.96. The van der Waals surface area contributed by atoms with Crippen molar-refractivity contribution < 1.29 is 0 Å². The van der Waals surface area contributed by atoms with Gasteiger partial charge in [0.2, 0.25) is 0 Å². The fraction of sp³-hybridized carbons (Fsp3) is 0.250. The van der Waals surface area contributed by atoms with Gasteiger partial charge in [-0.15, -0.1) is 5.10 Å². The summed E-state index contributed by atoms with van der Waals surface area (Å²) in [7, 11) is 1.88. The Hall–Kier alpha value is -2.47. The third kappa shape index (κ3) is 1.95. The zero-order valence-electron chi connectivity index (χ0n) is 12.4. The first-order valence-corrected chi connectivity index (χ1v) is 7.87. The second-order valence-corrected chi connectivity index (χ2v) is 6.42. The molecule has 1 fully saturated rings. The van der Waals surface area contributed by atoms with Gasteiger partial charge in [0.25, 0.3) is 0 Å². The summed E-state index contributed by atoms with van der Waals surface area (Å²) in [6.45, 7) is 0. The van der Waals surface area contributed by atoms with E-state index in [1.807, 2.05) is 19.2 Å². The molecule has 0 aliphatic heterocycles. The van der Waals surface area contributed by atoms with Gasteiger partial charge in [-0.05, 0) is 30.0 Å². The number of halogens is 1. The molecule has 0 saturated heterocycles. The normalized spacial score (nSPS) is 20.4. The summed E-state index contributed by atoms with van der Waals surface area (Å²) in [5.41, 5.74) is 2.93. The molecule has 2 atom stereocenters. The lowest BCUT2D eigenvalue weighted by molar-refractivity contribution is 0.781. The Morgan fingerprint density at radius 3 is 2.78 bits per heavy atom. The highest BCUT2D eigenvalue weighted by molar-refractivity contribution is 6.30. The highest BCUT2D eigenvalue weighted by Gasteiger charge is 2.42. The summed E-state index contributed by atoms with van der Waals surface area (Å²) in [4.78, 5) is 9.14. The number of aryl methyl sites for hydroxylation is 1. The zero-order chi connectivity index (χ0) is 15.6. The van der Waals surface area contributed by atoms with E-state index >= 15 is 0 Å². The molecule has 1 aliphatic carbocycles.